The van der Waals surface area contributed by atoms with E-state index < -0.39 is 0 Å². The van der Waals surface area contributed by atoms with Crippen molar-refractivity contribution in [3.63, 3.8) is 0 Å². The minimum atomic E-state index is 0.857. The molecule has 0 spiro atoms. The van der Waals surface area contributed by atoms with Gasteiger partial charge in [0.1, 0.15) is 22.3 Å². The highest BCUT2D eigenvalue weighted by Crippen LogP contribution is 2.45. The third kappa shape index (κ3) is 5.68. The minimum absolute atomic E-state index is 0.857. The first-order valence-electron chi connectivity index (χ1n) is 19.3. The number of rotatable bonds is 7. The molecule has 0 radical (unpaired) electrons. The van der Waals surface area contributed by atoms with Crippen LogP contribution in [0, 0.1) is 0 Å². The van der Waals surface area contributed by atoms with Gasteiger partial charge in [0.2, 0.25) is 0 Å². The van der Waals surface area contributed by atoms with Crippen molar-refractivity contribution in [2.75, 3.05) is 4.90 Å². The molecule has 268 valence electrons. The summed E-state index contributed by atoms with van der Waals surface area (Å²) >= 11 is 0. The Labute approximate surface area is 330 Å². The zero-order chi connectivity index (χ0) is 37.7. The van der Waals surface area contributed by atoms with Crippen molar-refractivity contribution in [2.45, 2.75) is 0 Å². The van der Waals surface area contributed by atoms with E-state index in [0.717, 1.165) is 77.6 Å². The molecule has 0 saturated carbocycles. The van der Waals surface area contributed by atoms with Crippen LogP contribution in [0.15, 0.2) is 221 Å². The first-order valence-corrected chi connectivity index (χ1v) is 19.3. The first-order chi connectivity index (χ1) is 28.3. The van der Waals surface area contributed by atoms with Crippen LogP contribution in [0.3, 0.4) is 0 Å². The van der Waals surface area contributed by atoms with Gasteiger partial charge in [0.15, 0.2) is 0 Å². The van der Waals surface area contributed by atoms with Crippen molar-refractivity contribution in [3.8, 4) is 44.5 Å². The Bertz CT molecular complexity index is 3210. The summed E-state index contributed by atoms with van der Waals surface area (Å²) in [4.78, 5) is 2.34. The molecular formula is C54H35NO2. The summed E-state index contributed by atoms with van der Waals surface area (Å²) in [5.41, 5.74) is 16.0. The van der Waals surface area contributed by atoms with Gasteiger partial charge in [-0.25, -0.2) is 0 Å². The van der Waals surface area contributed by atoms with E-state index in [2.05, 4.69) is 193 Å². The Kier molecular flexibility index (Phi) is 7.82. The van der Waals surface area contributed by atoms with Crippen LogP contribution in [0.5, 0.6) is 0 Å². The second-order valence-electron chi connectivity index (χ2n) is 14.5. The van der Waals surface area contributed by atoms with Gasteiger partial charge in [0.25, 0.3) is 0 Å². The molecule has 0 bridgehead atoms. The Hall–Kier alpha value is -7.62. The fourth-order valence-corrected chi connectivity index (χ4v) is 8.39. The second kappa shape index (κ2) is 13.6. The maximum atomic E-state index is 6.42. The van der Waals surface area contributed by atoms with Gasteiger partial charge in [-0.2, -0.15) is 0 Å². The number of para-hydroxylation sites is 3. The van der Waals surface area contributed by atoms with E-state index in [1.54, 1.807) is 0 Å². The zero-order valence-electron chi connectivity index (χ0n) is 31.0. The van der Waals surface area contributed by atoms with Crippen molar-refractivity contribution in [2.24, 2.45) is 0 Å². The lowest BCUT2D eigenvalue weighted by atomic mass is 9.91. The standard InChI is InChI=1S/C54H35NO2/c1-3-13-37(14-4-1)43-34-29-40(35-48(43)38-15-5-2-6-16-38)36-25-30-41(31-26-36)55(49-21-12-24-52-53(49)47-18-8-10-23-51(47)56-52)42-32-27-39(28-33-42)44-19-11-20-46-45-17-7-9-22-50(45)57-54(44)46/h1-35H. The van der Waals surface area contributed by atoms with Crippen LogP contribution in [-0.4, -0.2) is 0 Å². The molecule has 0 saturated heterocycles. The van der Waals surface area contributed by atoms with Crippen LogP contribution in [0.25, 0.3) is 88.4 Å². The SMILES string of the molecule is c1ccc(-c2ccc(-c3ccc(N(c4ccc(-c5cccc6c5oc5ccccc56)cc4)c4cccc5oc6ccccc6c45)cc3)cc2-c2ccccc2)cc1. The van der Waals surface area contributed by atoms with Crippen molar-refractivity contribution in [1.29, 1.82) is 0 Å². The van der Waals surface area contributed by atoms with Gasteiger partial charge >= 0.3 is 0 Å². The van der Waals surface area contributed by atoms with Crippen LogP contribution in [0.4, 0.5) is 17.1 Å². The van der Waals surface area contributed by atoms with E-state index in [4.69, 9.17) is 8.83 Å². The monoisotopic (exact) mass is 729 g/mol. The number of fused-ring (bicyclic) bond motifs is 6. The number of anilines is 3. The molecule has 0 atom stereocenters. The number of nitrogens with zero attached hydrogens (tertiary/aromatic N) is 1. The van der Waals surface area contributed by atoms with E-state index in [9.17, 15) is 0 Å². The van der Waals surface area contributed by atoms with Gasteiger partial charge in [0, 0.05) is 33.1 Å². The fraction of sp³-hybridized carbons (Fsp3) is 0. The lowest BCUT2D eigenvalue weighted by Crippen LogP contribution is -2.10. The molecule has 2 aromatic heterocycles. The Morgan fingerprint density at radius 2 is 0.825 bits per heavy atom. The third-order valence-electron chi connectivity index (χ3n) is 11.1. The summed E-state index contributed by atoms with van der Waals surface area (Å²) in [7, 11) is 0. The molecule has 0 aliphatic carbocycles. The van der Waals surface area contributed by atoms with E-state index in [1.165, 1.54) is 27.8 Å². The molecule has 3 nitrogen and oxygen atoms in total. The molecular weight excluding hydrogens is 695 g/mol. The second-order valence-corrected chi connectivity index (χ2v) is 14.5. The molecule has 0 unspecified atom stereocenters. The highest BCUT2D eigenvalue weighted by molar-refractivity contribution is 6.13. The topological polar surface area (TPSA) is 29.5 Å². The van der Waals surface area contributed by atoms with Crippen molar-refractivity contribution in [1.82, 2.24) is 0 Å². The van der Waals surface area contributed by atoms with Crippen LogP contribution in [0.2, 0.25) is 0 Å². The largest absolute Gasteiger partial charge is 0.456 e. The van der Waals surface area contributed by atoms with Crippen molar-refractivity contribution >= 4 is 60.9 Å². The summed E-state index contributed by atoms with van der Waals surface area (Å²) in [6, 6.07) is 75.1. The maximum absolute atomic E-state index is 6.42. The highest BCUT2D eigenvalue weighted by Gasteiger charge is 2.20. The number of hydrogen-bond acceptors (Lipinski definition) is 3. The molecule has 9 aromatic carbocycles. The van der Waals surface area contributed by atoms with Crippen molar-refractivity contribution < 1.29 is 8.83 Å². The molecule has 0 amide bonds. The normalized spacial score (nSPS) is 11.5. The van der Waals surface area contributed by atoms with Gasteiger partial charge < -0.3 is 13.7 Å². The average Bonchev–Trinajstić information content (AvgIpc) is 3.87. The molecule has 57 heavy (non-hydrogen) atoms. The molecule has 3 heteroatoms. The summed E-state index contributed by atoms with van der Waals surface area (Å²) in [5, 5.41) is 4.42. The smallest absolute Gasteiger partial charge is 0.143 e. The lowest BCUT2D eigenvalue weighted by Gasteiger charge is -2.26. The van der Waals surface area contributed by atoms with Gasteiger partial charge in [-0.05, 0) is 93.5 Å². The van der Waals surface area contributed by atoms with E-state index in [-0.39, 0.29) is 0 Å². The first kappa shape index (κ1) is 32.8. The predicted octanol–water partition coefficient (Wildman–Crippen LogP) is 15.6. The Balaban J connectivity index is 1.03. The average molecular weight is 730 g/mol. The number of hydrogen-bond donors (Lipinski definition) is 0. The van der Waals surface area contributed by atoms with E-state index >= 15 is 0 Å². The van der Waals surface area contributed by atoms with Crippen LogP contribution >= 0.6 is 0 Å². The molecule has 2 heterocycles. The van der Waals surface area contributed by atoms with Gasteiger partial charge in [-0.15, -0.1) is 0 Å². The Morgan fingerprint density at radius 3 is 1.54 bits per heavy atom. The molecule has 11 aromatic rings. The number of benzene rings is 9. The molecule has 0 aliphatic rings. The summed E-state index contributed by atoms with van der Waals surface area (Å²) < 4.78 is 12.8. The third-order valence-corrected chi connectivity index (χ3v) is 11.1. The molecule has 0 N–H and O–H groups in total. The highest BCUT2D eigenvalue weighted by atomic mass is 16.3. The van der Waals surface area contributed by atoms with Gasteiger partial charge in [0.05, 0.1) is 11.1 Å². The zero-order valence-corrected chi connectivity index (χ0v) is 31.0. The minimum Gasteiger partial charge on any atom is -0.456 e. The van der Waals surface area contributed by atoms with Crippen LogP contribution in [-0.2, 0) is 0 Å². The summed E-state index contributed by atoms with van der Waals surface area (Å²) in [5.74, 6) is 0. The lowest BCUT2D eigenvalue weighted by molar-refractivity contribution is 0.669. The molecule has 11 rings (SSSR count). The van der Waals surface area contributed by atoms with Gasteiger partial charge in [-0.3, -0.25) is 0 Å². The molecule has 0 fully saturated rings. The summed E-state index contributed by atoms with van der Waals surface area (Å²) in [6.45, 7) is 0. The van der Waals surface area contributed by atoms with Gasteiger partial charge in [-0.1, -0.05) is 158 Å². The fourth-order valence-electron chi connectivity index (χ4n) is 8.39. The van der Waals surface area contributed by atoms with E-state index in [0.29, 0.717) is 0 Å². The number of furan rings is 2. The summed E-state index contributed by atoms with van der Waals surface area (Å²) in [6.07, 6.45) is 0. The molecule has 0 aliphatic heterocycles. The quantitative estimate of drug-likeness (QED) is 0.164. The van der Waals surface area contributed by atoms with Crippen molar-refractivity contribution in [3.05, 3.63) is 212 Å². The maximum Gasteiger partial charge on any atom is 0.143 e. The predicted molar refractivity (Wildman–Crippen MR) is 237 cm³/mol. The van der Waals surface area contributed by atoms with Crippen LogP contribution in [0.1, 0.15) is 0 Å². The van der Waals surface area contributed by atoms with E-state index in [1.807, 2.05) is 24.3 Å². The van der Waals surface area contributed by atoms with Crippen LogP contribution < -0.4 is 4.90 Å². The Morgan fingerprint density at radius 1 is 0.298 bits per heavy atom.